The zero-order valence-corrected chi connectivity index (χ0v) is 18.8. The number of carbonyl (C=O) groups excluding carboxylic acids is 1. The Morgan fingerprint density at radius 1 is 1.22 bits per heavy atom. The number of hydrogen-bond donors (Lipinski definition) is 1. The van der Waals surface area contributed by atoms with Crippen molar-refractivity contribution in [2.45, 2.75) is 39.3 Å². The second-order valence-electron chi connectivity index (χ2n) is 8.37. The predicted molar refractivity (Wildman–Crippen MR) is 121 cm³/mol. The van der Waals surface area contributed by atoms with Crippen molar-refractivity contribution in [3.8, 4) is 11.4 Å². The number of hydrogen-bond acceptors (Lipinski definition) is 4. The largest absolute Gasteiger partial charge is 0.494 e. The van der Waals surface area contributed by atoms with Crippen LogP contribution in [0.2, 0.25) is 0 Å². The number of methoxy groups -OCH3 is 1. The van der Waals surface area contributed by atoms with Crippen molar-refractivity contribution in [3.05, 3.63) is 76.9 Å². The van der Waals surface area contributed by atoms with Crippen LogP contribution in [0.5, 0.6) is 5.75 Å². The Balaban J connectivity index is 1.59. The van der Waals surface area contributed by atoms with Crippen molar-refractivity contribution in [2.75, 3.05) is 20.2 Å². The number of nitrogens with zero attached hydrogens (tertiary/aromatic N) is 3. The minimum absolute atomic E-state index is 0.0689. The van der Waals surface area contributed by atoms with E-state index in [1.807, 2.05) is 23.0 Å². The van der Waals surface area contributed by atoms with Gasteiger partial charge >= 0.3 is 0 Å². The first-order valence-corrected chi connectivity index (χ1v) is 10.9. The number of aryl methyl sites for hydroxylation is 1. The first kappa shape index (κ1) is 22.0. The SMILES string of the molecule is COc1cccc(CN2CC[C@@H](c3c(CNC(C)=O)cnn3-c3ccc(C)cc3)C2)c1F. The lowest BCUT2D eigenvalue weighted by molar-refractivity contribution is -0.119. The fourth-order valence-corrected chi connectivity index (χ4v) is 4.35. The number of likely N-dealkylation sites (tertiary alicyclic amines) is 1. The third-order valence-corrected chi connectivity index (χ3v) is 6.01. The number of nitrogens with one attached hydrogen (secondary N) is 1. The average Bonchev–Trinajstić information content (AvgIpc) is 3.41. The summed E-state index contributed by atoms with van der Waals surface area (Å²) in [5.74, 6) is 0.139. The molecule has 1 saturated heterocycles. The highest BCUT2D eigenvalue weighted by Crippen LogP contribution is 2.33. The zero-order chi connectivity index (χ0) is 22.7. The predicted octanol–water partition coefficient (Wildman–Crippen LogP) is 3.95. The Hall–Kier alpha value is -3.19. The Labute approximate surface area is 188 Å². The quantitative estimate of drug-likeness (QED) is 0.609. The van der Waals surface area contributed by atoms with Crippen LogP contribution in [0.25, 0.3) is 5.69 Å². The molecule has 1 aliphatic heterocycles. The molecule has 0 bridgehead atoms. The van der Waals surface area contributed by atoms with Gasteiger partial charge in [-0.1, -0.05) is 29.8 Å². The van der Waals surface area contributed by atoms with E-state index in [0.717, 1.165) is 36.5 Å². The monoisotopic (exact) mass is 436 g/mol. The number of carbonyl (C=O) groups is 1. The van der Waals surface area contributed by atoms with Crippen molar-refractivity contribution >= 4 is 5.91 Å². The highest BCUT2D eigenvalue weighted by atomic mass is 19.1. The number of halogens is 1. The highest BCUT2D eigenvalue weighted by molar-refractivity contribution is 5.72. The highest BCUT2D eigenvalue weighted by Gasteiger charge is 2.30. The molecule has 0 radical (unpaired) electrons. The number of aromatic nitrogens is 2. The zero-order valence-electron chi connectivity index (χ0n) is 18.8. The molecule has 0 spiro atoms. The molecule has 1 aliphatic rings. The van der Waals surface area contributed by atoms with Gasteiger partial charge < -0.3 is 10.1 Å². The third-order valence-electron chi connectivity index (χ3n) is 6.01. The summed E-state index contributed by atoms with van der Waals surface area (Å²) in [6.45, 7) is 6.20. The van der Waals surface area contributed by atoms with E-state index < -0.39 is 0 Å². The van der Waals surface area contributed by atoms with Crippen molar-refractivity contribution in [2.24, 2.45) is 0 Å². The van der Waals surface area contributed by atoms with Crippen LogP contribution in [-0.2, 0) is 17.9 Å². The molecule has 168 valence electrons. The number of ether oxygens (including phenoxy) is 1. The van der Waals surface area contributed by atoms with Gasteiger partial charge in [0.15, 0.2) is 11.6 Å². The molecule has 1 aromatic heterocycles. The first-order chi connectivity index (χ1) is 15.5. The van der Waals surface area contributed by atoms with Gasteiger partial charge in [-0.05, 0) is 38.1 Å². The number of amides is 1. The summed E-state index contributed by atoms with van der Waals surface area (Å²) in [6.07, 6.45) is 2.78. The van der Waals surface area contributed by atoms with Crippen LogP contribution in [0.4, 0.5) is 4.39 Å². The molecule has 2 aromatic carbocycles. The summed E-state index contributed by atoms with van der Waals surface area (Å²) >= 11 is 0. The van der Waals surface area contributed by atoms with Crippen molar-refractivity contribution in [3.63, 3.8) is 0 Å². The van der Waals surface area contributed by atoms with E-state index in [-0.39, 0.29) is 23.4 Å². The van der Waals surface area contributed by atoms with Gasteiger partial charge in [0, 0.05) is 43.6 Å². The second-order valence-corrected chi connectivity index (χ2v) is 8.37. The van der Waals surface area contributed by atoms with E-state index >= 15 is 0 Å². The average molecular weight is 437 g/mol. The van der Waals surface area contributed by atoms with Crippen LogP contribution in [0.15, 0.2) is 48.7 Å². The van der Waals surface area contributed by atoms with Crippen molar-refractivity contribution in [1.29, 1.82) is 0 Å². The Bertz CT molecular complexity index is 1090. The normalized spacial score (nSPS) is 16.3. The molecular weight excluding hydrogens is 407 g/mol. The molecule has 1 fully saturated rings. The lowest BCUT2D eigenvalue weighted by atomic mass is 10.00. The van der Waals surface area contributed by atoms with Gasteiger partial charge in [-0.15, -0.1) is 0 Å². The summed E-state index contributed by atoms with van der Waals surface area (Å²) in [7, 11) is 1.48. The topological polar surface area (TPSA) is 59.4 Å². The minimum atomic E-state index is -0.297. The van der Waals surface area contributed by atoms with E-state index in [1.54, 1.807) is 6.07 Å². The minimum Gasteiger partial charge on any atom is -0.494 e. The van der Waals surface area contributed by atoms with E-state index in [4.69, 9.17) is 4.74 Å². The standard InChI is InChI=1S/C25H29FN4O2/c1-17-7-9-22(10-8-17)30-25(21(14-28-30)13-27-18(2)31)20-11-12-29(16-20)15-19-5-4-6-23(32-3)24(19)26/h4-10,14,20H,11-13,15-16H2,1-3H3,(H,27,31)/t20-/m1/s1. The molecule has 3 aromatic rings. The summed E-state index contributed by atoms with van der Waals surface area (Å²) in [4.78, 5) is 13.8. The lowest BCUT2D eigenvalue weighted by Gasteiger charge is -2.19. The smallest absolute Gasteiger partial charge is 0.217 e. The summed E-state index contributed by atoms with van der Waals surface area (Å²) in [5, 5.41) is 7.56. The number of rotatable bonds is 7. The molecule has 32 heavy (non-hydrogen) atoms. The molecule has 0 saturated carbocycles. The second kappa shape index (κ2) is 9.53. The van der Waals surface area contributed by atoms with Gasteiger partial charge in [-0.25, -0.2) is 9.07 Å². The van der Waals surface area contributed by atoms with E-state index in [0.29, 0.717) is 18.7 Å². The summed E-state index contributed by atoms with van der Waals surface area (Å²) in [6, 6.07) is 13.5. The van der Waals surface area contributed by atoms with Crippen LogP contribution < -0.4 is 10.1 Å². The lowest BCUT2D eigenvalue weighted by Crippen LogP contribution is -2.23. The van der Waals surface area contributed by atoms with Gasteiger partial charge in [-0.2, -0.15) is 5.10 Å². The van der Waals surface area contributed by atoms with Gasteiger partial charge in [0.25, 0.3) is 0 Å². The van der Waals surface area contributed by atoms with Crippen LogP contribution in [-0.4, -0.2) is 40.8 Å². The fourth-order valence-electron chi connectivity index (χ4n) is 4.35. The van der Waals surface area contributed by atoms with Crippen LogP contribution in [0.3, 0.4) is 0 Å². The third kappa shape index (κ3) is 4.67. The summed E-state index contributed by atoms with van der Waals surface area (Å²) in [5.41, 5.74) is 4.94. The molecule has 0 aliphatic carbocycles. The van der Waals surface area contributed by atoms with Crippen LogP contribution in [0.1, 0.15) is 41.6 Å². The molecule has 7 heteroatoms. The molecular formula is C25H29FN4O2. The molecule has 0 unspecified atom stereocenters. The first-order valence-electron chi connectivity index (χ1n) is 10.9. The molecule has 6 nitrogen and oxygen atoms in total. The Morgan fingerprint density at radius 2 is 2.00 bits per heavy atom. The van der Waals surface area contributed by atoms with E-state index in [9.17, 15) is 9.18 Å². The van der Waals surface area contributed by atoms with Crippen molar-refractivity contribution in [1.82, 2.24) is 20.0 Å². The molecule has 1 N–H and O–H groups in total. The fraction of sp³-hybridized carbons (Fsp3) is 0.360. The van der Waals surface area contributed by atoms with Gasteiger partial charge in [-0.3, -0.25) is 9.69 Å². The maximum absolute atomic E-state index is 14.6. The summed E-state index contributed by atoms with van der Waals surface area (Å²) < 4.78 is 21.8. The maximum Gasteiger partial charge on any atom is 0.217 e. The van der Waals surface area contributed by atoms with Crippen LogP contribution >= 0.6 is 0 Å². The Kier molecular flexibility index (Phi) is 6.55. The number of benzene rings is 2. The van der Waals surface area contributed by atoms with Crippen molar-refractivity contribution < 1.29 is 13.9 Å². The van der Waals surface area contributed by atoms with E-state index in [1.165, 1.54) is 19.6 Å². The van der Waals surface area contributed by atoms with Gasteiger partial charge in [0.05, 0.1) is 24.7 Å². The molecule has 4 rings (SSSR count). The molecule has 1 amide bonds. The maximum atomic E-state index is 14.6. The molecule has 2 heterocycles. The molecule has 1 atom stereocenters. The van der Waals surface area contributed by atoms with Gasteiger partial charge in [0.2, 0.25) is 5.91 Å². The van der Waals surface area contributed by atoms with Crippen LogP contribution in [0, 0.1) is 12.7 Å². The Morgan fingerprint density at radius 3 is 2.72 bits per heavy atom. The van der Waals surface area contributed by atoms with E-state index in [2.05, 4.69) is 46.5 Å². The van der Waals surface area contributed by atoms with Gasteiger partial charge in [0.1, 0.15) is 0 Å².